The molecule has 56 heavy (non-hydrogen) atoms. The highest BCUT2D eigenvalue weighted by Gasteiger charge is 2.19. The fourth-order valence-corrected chi connectivity index (χ4v) is 6.44. The molecule has 0 rings (SSSR count). The molecule has 0 spiro atoms. The first kappa shape index (κ1) is 53.4. The lowest BCUT2D eigenvalue weighted by atomic mass is 10.1. The van der Waals surface area contributed by atoms with Gasteiger partial charge in [0.1, 0.15) is 13.2 Å². The van der Waals surface area contributed by atoms with Crippen LogP contribution < -0.4 is 0 Å². The lowest BCUT2D eigenvalue weighted by Gasteiger charge is -2.18. The molecule has 0 saturated carbocycles. The van der Waals surface area contributed by atoms with Gasteiger partial charge >= 0.3 is 17.9 Å². The Kier molecular flexibility index (Phi) is 43.0. The monoisotopic (exact) mass is 785 g/mol. The van der Waals surface area contributed by atoms with E-state index in [0.717, 1.165) is 103 Å². The van der Waals surface area contributed by atoms with Crippen LogP contribution in [-0.4, -0.2) is 37.2 Å². The first-order chi connectivity index (χ1) is 27.5. The number of esters is 3. The normalized spacial score (nSPS) is 12.4. The molecule has 6 nitrogen and oxygen atoms in total. The number of carbonyl (C=O) groups excluding carboxylic acids is 3. The third-order valence-corrected chi connectivity index (χ3v) is 10.1. The van der Waals surface area contributed by atoms with Crippen molar-refractivity contribution in [3.8, 4) is 0 Å². The maximum Gasteiger partial charge on any atom is 0.306 e. The molecule has 6 heteroatoms. The van der Waals surface area contributed by atoms with E-state index >= 15 is 0 Å². The van der Waals surface area contributed by atoms with Crippen molar-refractivity contribution >= 4 is 17.9 Å². The van der Waals surface area contributed by atoms with Crippen molar-refractivity contribution in [1.82, 2.24) is 0 Å². The van der Waals surface area contributed by atoms with Gasteiger partial charge in [0.05, 0.1) is 0 Å². The SMILES string of the molecule is CCCCC/C=C\C/C=C\CCCCCCCC(=O)OC(COC(=O)CCCCCCC/C=C\C/C=C\CCCCCC)COC(=O)CCCCCCCCC. The molecule has 1 unspecified atom stereocenters. The van der Waals surface area contributed by atoms with Gasteiger partial charge in [-0.25, -0.2) is 0 Å². The van der Waals surface area contributed by atoms with Gasteiger partial charge in [-0.1, -0.05) is 179 Å². The van der Waals surface area contributed by atoms with Crippen LogP contribution in [0.25, 0.3) is 0 Å². The molecular formula is C50H88O6. The fraction of sp³-hybridized carbons (Fsp3) is 0.780. The van der Waals surface area contributed by atoms with Gasteiger partial charge in [0.15, 0.2) is 6.10 Å². The Hall–Kier alpha value is -2.63. The van der Waals surface area contributed by atoms with E-state index < -0.39 is 6.10 Å². The molecule has 0 aromatic carbocycles. The summed E-state index contributed by atoms with van der Waals surface area (Å²) in [7, 11) is 0. The zero-order valence-electron chi connectivity index (χ0n) is 36.9. The summed E-state index contributed by atoms with van der Waals surface area (Å²) in [6.07, 6.45) is 52.4. The van der Waals surface area contributed by atoms with Crippen molar-refractivity contribution in [2.24, 2.45) is 0 Å². The zero-order valence-corrected chi connectivity index (χ0v) is 36.9. The number of allylic oxidation sites excluding steroid dienone is 8. The summed E-state index contributed by atoms with van der Waals surface area (Å²) in [5.41, 5.74) is 0. The van der Waals surface area contributed by atoms with E-state index in [1.165, 1.54) is 89.9 Å². The minimum absolute atomic E-state index is 0.0830. The quantitative estimate of drug-likeness (QED) is 0.0265. The third kappa shape index (κ3) is 42.5. The highest BCUT2D eigenvalue weighted by molar-refractivity contribution is 5.71. The van der Waals surface area contributed by atoms with E-state index in [2.05, 4.69) is 69.4 Å². The van der Waals surface area contributed by atoms with Gasteiger partial charge in [-0.2, -0.15) is 0 Å². The highest BCUT2D eigenvalue weighted by Crippen LogP contribution is 2.13. The molecule has 0 saturated heterocycles. The van der Waals surface area contributed by atoms with Crippen LogP contribution in [0.15, 0.2) is 48.6 Å². The van der Waals surface area contributed by atoms with Crippen LogP contribution >= 0.6 is 0 Å². The molecular weight excluding hydrogens is 697 g/mol. The molecule has 0 aliphatic carbocycles. The second-order valence-corrected chi connectivity index (χ2v) is 15.7. The Morgan fingerprint density at radius 2 is 0.643 bits per heavy atom. The predicted molar refractivity (Wildman–Crippen MR) is 238 cm³/mol. The standard InChI is InChI=1S/C50H88O6/c1-4-7-10-13-16-18-20-22-24-26-27-29-31-34-37-40-43-49(52)55-46-47(45-54-48(51)42-39-36-33-15-12-9-6-3)56-50(53)44-41-38-35-32-30-28-25-23-21-19-17-14-11-8-5-2/h17-20,23-26,47H,4-16,21-22,27-46H2,1-3H3/b19-17-,20-18-,25-23-,26-24-. The maximum atomic E-state index is 12.7. The summed E-state index contributed by atoms with van der Waals surface area (Å²) < 4.78 is 16.7. The van der Waals surface area contributed by atoms with E-state index in [-0.39, 0.29) is 31.1 Å². The van der Waals surface area contributed by atoms with Gasteiger partial charge in [-0.3, -0.25) is 14.4 Å². The van der Waals surface area contributed by atoms with E-state index in [9.17, 15) is 14.4 Å². The second-order valence-electron chi connectivity index (χ2n) is 15.7. The molecule has 0 amide bonds. The number of hydrogen-bond donors (Lipinski definition) is 0. The van der Waals surface area contributed by atoms with Gasteiger partial charge in [0.2, 0.25) is 0 Å². The Labute approximate surface area is 346 Å². The fourth-order valence-electron chi connectivity index (χ4n) is 6.44. The van der Waals surface area contributed by atoms with E-state index in [0.29, 0.717) is 19.3 Å². The summed E-state index contributed by atoms with van der Waals surface area (Å²) in [6.45, 7) is 6.52. The number of ether oxygens (including phenoxy) is 3. The largest absolute Gasteiger partial charge is 0.462 e. The number of unbranched alkanes of at least 4 members (excludes halogenated alkanes) is 23. The summed E-state index contributed by atoms with van der Waals surface area (Å²) in [5.74, 6) is -0.917. The van der Waals surface area contributed by atoms with Gasteiger partial charge < -0.3 is 14.2 Å². The Morgan fingerprint density at radius 1 is 0.357 bits per heavy atom. The summed E-state index contributed by atoms with van der Waals surface area (Å²) >= 11 is 0. The van der Waals surface area contributed by atoms with Gasteiger partial charge in [-0.05, 0) is 83.5 Å². The van der Waals surface area contributed by atoms with Crippen molar-refractivity contribution in [1.29, 1.82) is 0 Å². The van der Waals surface area contributed by atoms with Crippen LogP contribution in [0, 0.1) is 0 Å². The lowest BCUT2D eigenvalue weighted by molar-refractivity contribution is -0.167. The minimum atomic E-state index is -0.781. The molecule has 324 valence electrons. The van der Waals surface area contributed by atoms with Crippen molar-refractivity contribution in [3.05, 3.63) is 48.6 Å². The van der Waals surface area contributed by atoms with Crippen LogP contribution in [0.1, 0.15) is 233 Å². The predicted octanol–water partition coefficient (Wildman–Crippen LogP) is 15.1. The summed E-state index contributed by atoms with van der Waals surface area (Å²) in [4.78, 5) is 37.7. The zero-order chi connectivity index (χ0) is 40.8. The molecule has 0 N–H and O–H groups in total. The average Bonchev–Trinajstić information content (AvgIpc) is 3.19. The topological polar surface area (TPSA) is 78.9 Å². The summed E-state index contributed by atoms with van der Waals surface area (Å²) in [5, 5.41) is 0. The van der Waals surface area contributed by atoms with Crippen molar-refractivity contribution in [2.75, 3.05) is 13.2 Å². The third-order valence-electron chi connectivity index (χ3n) is 10.1. The van der Waals surface area contributed by atoms with Crippen molar-refractivity contribution in [3.63, 3.8) is 0 Å². The molecule has 0 aromatic heterocycles. The van der Waals surface area contributed by atoms with Gasteiger partial charge in [0, 0.05) is 19.3 Å². The molecule has 0 bridgehead atoms. The van der Waals surface area contributed by atoms with E-state index in [1.807, 2.05) is 0 Å². The average molecular weight is 785 g/mol. The van der Waals surface area contributed by atoms with Crippen LogP contribution in [0.2, 0.25) is 0 Å². The minimum Gasteiger partial charge on any atom is -0.462 e. The molecule has 0 aliphatic rings. The number of rotatable bonds is 42. The van der Waals surface area contributed by atoms with Crippen molar-refractivity contribution in [2.45, 2.75) is 239 Å². The molecule has 0 aromatic rings. The number of hydrogen-bond acceptors (Lipinski definition) is 6. The molecule has 1 atom stereocenters. The van der Waals surface area contributed by atoms with Crippen LogP contribution in [0.4, 0.5) is 0 Å². The number of carbonyl (C=O) groups is 3. The first-order valence-corrected chi connectivity index (χ1v) is 23.6. The van der Waals surface area contributed by atoms with Gasteiger partial charge in [0.25, 0.3) is 0 Å². The maximum absolute atomic E-state index is 12.7. The first-order valence-electron chi connectivity index (χ1n) is 23.6. The highest BCUT2D eigenvalue weighted by atomic mass is 16.6. The van der Waals surface area contributed by atoms with Crippen LogP contribution in [-0.2, 0) is 28.6 Å². The Bertz CT molecular complexity index is 996. The molecule has 0 aliphatic heterocycles. The molecule has 0 heterocycles. The Balaban J connectivity index is 4.34. The molecule has 0 fully saturated rings. The van der Waals surface area contributed by atoms with Crippen LogP contribution in [0.5, 0.6) is 0 Å². The lowest BCUT2D eigenvalue weighted by Crippen LogP contribution is -2.30. The smallest absolute Gasteiger partial charge is 0.306 e. The van der Waals surface area contributed by atoms with Crippen LogP contribution in [0.3, 0.4) is 0 Å². The Morgan fingerprint density at radius 3 is 1.04 bits per heavy atom. The summed E-state index contributed by atoms with van der Waals surface area (Å²) in [6, 6.07) is 0. The van der Waals surface area contributed by atoms with E-state index in [1.54, 1.807) is 0 Å². The van der Waals surface area contributed by atoms with E-state index in [4.69, 9.17) is 14.2 Å². The van der Waals surface area contributed by atoms with Crippen molar-refractivity contribution < 1.29 is 28.6 Å². The molecule has 0 radical (unpaired) electrons. The van der Waals surface area contributed by atoms with Gasteiger partial charge in [-0.15, -0.1) is 0 Å². The second kappa shape index (κ2) is 45.1.